The normalized spacial score (nSPS) is 11.1. The lowest BCUT2D eigenvalue weighted by Crippen LogP contribution is -2.14. The van der Waals surface area contributed by atoms with Crippen molar-refractivity contribution in [3.8, 4) is 17.2 Å². The van der Waals surface area contributed by atoms with Gasteiger partial charge in [-0.2, -0.15) is 5.26 Å². The first-order chi connectivity index (χ1) is 9.32. The number of aromatic nitrogens is 1. The Balaban J connectivity index is 2.59. The SMILES string of the molecule is CC(C)(C)c1ccc(-c2cc(N)[nH]c(=O)c2C#N)cc1. The van der Waals surface area contributed by atoms with Crippen molar-refractivity contribution >= 4 is 5.82 Å². The Hall–Kier alpha value is -2.54. The second-order valence-electron chi connectivity index (χ2n) is 5.78. The first kappa shape index (κ1) is 13.9. The molecule has 3 N–H and O–H groups in total. The largest absolute Gasteiger partial charge is 0.385 e. The summed E-state index contributed by atoms with van der Waals surface area (Å²) < 4.78 is 0. The first-order valence-corrected chi connectivity index (χ1v) is 6.37. The third-order valence-electron chi connectivity index (χ3n) is 3.23. The predicted octanol–water partition coefficient (Wildman–Crippen LogP) is 2.79. The monoisotopic (exact) mass is 267 g/mol. The summed E-state index contributed by atoms with van der Waals surface area (Å²) in [6.07, 6.45) is 0. The first-order valence-electron chi connectivity index (χ1n) is 6.37. The van der Waals surface area contributed by atoms with Crippen LogP contribution in [-0.2, 0) is 5.41 Å². The summed E-state index contributed by atoms with van der Waals surface area (Å²) in [6, 6.07) is 11.4. The second-order valence-corrected chi connectivity index (χ2v) is 5.78. The highest BCUT2D eigenvalue weighted by atomic mass is 16.1. The van der Waals surface area contributed by atoms with Crippen molar-refractivity contribution in [2.24, 2.45) is 0 Å². The summed E-state index contributed by atoms with van der Waals surface area (Å²) >= 11 is 0. The summed E-state index contributed by atoms with van der Waals surface area (Å²) in [6.45, 7) is 6.40. The molecule has 0 atom stereocenters. The molecule has 4 nitrogen and oxygen atoms in total. The Morgan fingerprint density at radius 2 is 1.80 bits per heavy atom. The van der Waals surface area contributed by atoms with Crippen LogP contribution in [0.5, 0.6) is 0 Å². The second kappa shape index (κ2) is 4.86. The lowest BCUT2D eigenvalue weighted by Gasteiger charge is -2.19. The summed E-state index contributed by atoms with van der Waals surface area (Å²) in [4.78, 5) is 14.2. The van der Waals surface area contributed by atoms with Gasteiger partial charge in [-0.15, -0.1) is 0 Å². The molecule has 1 heterocycles. The maximum atomic E-state index is 11.7. The summed E-state index contributed by atoms with van der Waals surface area (Å²) in [5, 5.41) is 9.12. The van der Waals surface area contributed by atoms with Gasteiger partial charge >= 0.3 is 0 Å². The quantitative estimate of drug-likeness (QED) is 0.833. The lowest BCUT2D eigenvalue weighted by atomic mass is 9.86. The number of nitrogens with zero attached hydrogens (tertiary/aromatic N) is 1. The Bertz CT molecular complexity index is 728. The molecular weight excluding hydrogens is 250 g/mol. The van der Waals surface area contributed by atoms with E-state index in [1.165, 1.54) is 5.56 Å². The molecule has 0 radical (unpaired) electrons. The van der Waals surface area contributed by atoms with Crippen LogP contribution in [0.2, 0.25) is 0 Å². The van der Waals surface area contributed by atoms with Gasteiger partial charge < -0.3 is 10.7 Å². The number of hydrogen-bond acceptors (Lipinski definition) is 3. The van der Waals surface area contributed by atoms with E-state index in [0.717, 1.165) is 5.56 Å². The van der Waals surface area contributed by atoms with Crippen LogP contribution in [0, 0.1) is 11.3 Å². The van der Waals surface area contributed by atoms with Crippen molar-refractivity contribution in [3.05, 3.63) is 51.8 Å². The maximum absolute atomic E-state index is 11.7. The van der Waals surface area contributed by atoms with Crippen molar-refractivity contribution in [3.63, 3.8) is 0 Å². The standard InChI is InChI=1S/C16H17N3O/c1-16(2,3)11-6-4-10(5-7-11)12-8-14(18)19-15(20)13(12)9-17/h4-8H,1-3H3,(H3,18,19,20). The van der Waals surface area contributed by atoms with Gasteiger partial charge in [0.1, 0.15) is 17.5 Å². The van der Waals surface area contributed by atoms with Crippen LogP contribution in [-0.4, -0.2) is 4.98 Å². The molecule has 2 rings (SSSR count). The van der Waals surface area contributed by atoms with Crippen LogP contribution < -0.4 is 11.3 Å². The van der Waals surface area contributed by atoms with Gasteiger partial charge in [-0.3, -0.25) is 4.79 Å². The number of nitrogens with one attached hydrogen (secondary N) is 1. The van der Waals surface area contributed by atoms with E-state index in [2.05, 4.69) is 25.8 Å². The van der Waals surface area contributed by atoms with Gasteiger partial charge in [0.05, 0.1) is 0 Å². The average molecular weight is 267 g/mol. The fourth-order valence-electron chi connectivity index (χ4n) is 2.07. The zero-order chi connectivity index (χ0) is 14.9. The zero-order valence-electron chi connectivity index (χ0n) is 11.8. The van der Waals surface area contributed by atoms with Crippen LogP contribution in [0.25, 0.3) is 11.1 Å². The predicted molar refractivity (Wildman–Crippen MR) is 80.3 cm³/mol. The van der Waals surface area contributed by atoms with E-state index < -0.39 is 5.56 Å². The van der Waals surface area contributed by atoms with Crippen LogP contribution >= 0.6 is 0 Å². The number of nitrogen functional groups attached to an aromatic ring is 1. The molecule has 0 aliphatic heterocycles. The van der Waals surface area contributed by atoms with Gasteiger partial charge in [0.25, 0.3) is 5.56 Å². The lowest BCUT2D eigenvalue weighted by molar-refractivity contribution is 0.590. The van der Waals surface area contributed by atoms with E-state index in [1.54, 1.807) is 6.07 Å². The molecule has 0 unspecified atom stereocenters. The van der Waals surface area contributed by atoms with Gasteiger partial charge in [-0.05, 0) is 22.6 Å². The molecule has 1 aromatic carbocycles. The van der Waals surface area contributed by atoms with Crippen molar-refractivity contribution in [1.29, 1.82) is 5.26 Å². The number of hydrogen-bond donors (Lipinski definition) is 2. The van der Waals surface area contributed by atoms with Crippen molar-refractivity contribution in [1.82, 2.24) is 4.98 Å². The van der Waals surface area contributed by atoms with Gasteiger partial charge in [0.15, 0.2) is 0 Å². The van der Waals surface area contributed by atoms with E-state index >= 15 is 0 Å². The number of pyridine rings is 1. The number of anilines is 1. The minimum Gasteiger partial charge on any atom is -0.385 e. The molecule has 0 spiro atoms. The van der Waals surface area contributed by atoms with Gasteiger partial charge in [-0.25, -0.2) is 0 Å². The minimum absolute atomic E-state index is 0.0593. The van der Waals surface area contributed by atoms with E-state index in [-0.39, 0.29) is 16.8 Å². The third kappa shape index (κ3) is 2.57. The molecule has 102 valence electrons. The summed E-state index contributed by atoms with van der Waals surface area (Å²) in [5.41, 5.74) is 7.91. The molecule has 0 aliphatic carbocycles. The van der Waals surface area contributed by atoms with Crippen molar-refractivity contribution < 1.29 is 0 Å². The Labute approximate surface area is 117 Å². The van der Waals surface area contributed by atoms with Crippen LogP contribution in [0.15, 0.2) is 35.1 Å². The van der Waals surface area contributed by atoms with Crippen LogP contribution in [0.1, 0.15) is 31.9 Å². The molecule has 0 saturated heterocycles. The highest BCUT2D eigenvalue weighted by molar-refractivity contribution is 5.72. The highest BCUT2D eigenvalue weighted by Gasteiger charge is 2.15. The smallest absolute Gasteiger partial charge is 0.268 e. The van der Waals surface area contributed by atoms with E-state index in [0.29, 0.717) is 5.56 Å². The van der Waals surface area contributed by atoms with E-state index in [9.17, 15) is 4.79 Å². The molecule has 4 heteroatoms. The molecule has 0 aliphatic rings. The number of benzene rings is 1. The van der Waals surface area contributed by atoms with Gasteiger partial charge in [-0.1, -0.05) is 45.0 Å². The zero-order valence-corrected chi connectivity index (χ0v) is 11.8. The summed E-state index contributed by atoms with van der Waals surface area (Å²) in [5.74, 6) is 0.254. The number of aromatic amines is 1. The molecule has 0 bridgehead atoms. The maximum Gasteiger partial charge on any atom is 0.268 e. The Morgan fingerprint density at radius 1 is 1.20 bits per heavy atom. The molecule has 0 saturated carbocycles. The fourth-order valence-corrected chi connectivity index (χ4v) is 2.07. The van der Waals surface area contributed by atoms with Crippen molar-refractivity contribution in [2.75, 3.05) is 5.73 Å². The molecule has 1 aromatic heterocycles. The molecule has 0 fully saturated rings. The Kier molecular flexibility index (Phi) is 3.37. The highest BCUT2D eigenvalue weighted by Crippen LogP contribution is 2.27. The third-order valence-corrected chi connectivity index (χ3v) is 3.23. The Morgan fingerprint density at radius 3 is 2.30 bits per heavy atom. The summed E-state index contributed by atoms with van der Waals surface area (Å²) in [7, 11) is 0. The molecular formula is C16H17N3O. The van der Waals surface area contributed by atoms with Gasteiger partial charge in [0, 0.05) is 5.56 Å². The molecule has 2 aromatic rings. The van der Waals surface area contributed by atoms with Crippen LogP contribution in [0.3, 0.4) is 0 Å². The molecule has 0 amide bonds. The van der Waals surface area contributed by atoms with Crippen molar-refractivity contribution in [2.45, 2.75) is 26.2 Å². The number of H-pyrrole nitrogens is 1. The molecule has 20 heavy (non-hydrogen) atoms. The number of nitriles is 1. The average Bonchev–Trinajstić information content (AvgIpc) is 2.37. The van der Waals surface area contributed by atoms with E-state index in [4.69, 9.17) is 11.0 Å². The van der Waals surface area contributed by atoms with Gasteiger partial charge in [0.2, 0.25) is 0 Å². The topological polar surface area (TPSA) is 82.7 Å². The van der Waals surface area contributed by atoms with Crippen LogP contribution in [0.4, 0.5) is 5.82 Å². The fraction of sp³-hybridized carbons (Fsp3) is 0.250. The number of rotatable bonds is 1. The number of nitrogens with two attached hydrogens (primary N) is 1. The minimum atomic E-state index is -0.456. The van der Waals surface area contributed by atoms with E-state index in [1.807, 2.05) is 30.3 Å².